The number of aromatic nitrogens is 2. The van der Waals surface area contributed by atoms with Crippen LogP contribution in [0.25, 0.3) is 10.9 Å². The van der Waals surface area contributed by atoms with E-state index in [4.69, 9.17) is 16.0 Å². The van der Waals surface area contributed by atoms with Gasteiger partial charge in [0.15, 0.2) is 6.39 Å². The van der Waals surface area contributed by atoms with Crippen molar-refractivity contribution in [1.82, 2.24) is 9.55 Å². The number of hydrogen-bond donors (Lipinski definition) is 0. The van der Waals surface area contributed by atoms with Crippen LogP contribution in [0.1, 0.15) is 11.3 Å². The third kappa shape index (κ3) is 1.83. The number of fused-ring (bicyclic) bond motifs is 1. The molecule has 3 rings (SSSR count). The summed E-state index contributed by atoms with van der Waals surface area (Å²) in [6, 6.07) is 5.93. The van der Waals surface area contributed by atoms with Gasteiger partial charge in [0.1, 0.15) is 6.26 Å². The molecule has 0 saturated heterocycles. The van der Waals surface area contributed by atoms with Crippen molar-refractivity contribution < 1.29 is 4.42 Å². The molecule has 0 saturated carbocycles. The van der Waals surface area contributed by atoms with Crippen molar-refractivity contribution in [3.63, 3.8) is 0 Å². The molecule has 0 bridgehead atoms. The smallest absolute Gasteiger partial charge is 0.180 e. The number of benzene rings is 1. The molecule has 0 aliphatic rings. The first kappa shape index (κ1) is 10.4. The van der Waals surface area contributed by atoms with E-state index in [-0.39, 0.29) is 0 Å². The van der Waals surface area contributed by atoms with E-state index in [1.807, 2.05) is 18.2 Å². The quantitative estimate of drug-likeness (QED) is 0.691. The molecule has 2 heterocycles. The van der Waals surface area contributed by atoms with Crippen molar-refractivity contribution in [2.24, 2.45) is 0 Å². The standard InChI is InChI=1S/C13H11ClN2O/c1-9-5-16(6-11-7-17-8-15-11)13-3-2-10(14)4-12(9)13/h2-5,7-8H,6H2,1H3. The highest BCUT2D eigenvalue weighted by Gasteiger charge is 2.07. The van der Waals surface area contributed by atoms with Gasteiger partial charge in [0, 0.05) is 22.1 Å². The number of hydrogen-bond acceptors (Lipinski definition) is 2. The predicted molar refractivity (Wildman–Crippen MR) is 67.3 cm³/mol. The number of aryl methyl sites for hydroxylation is 1. The Balaban J connectivity index is 2.11. The average Bonchev–Trinajstić information content (AvgIpc) is 2.89. The van der Waals surface area contributed by atoms with Crippen LogP contribution in [0, 0.1) is 6.92 Å². The second-order valence-electron chi connectivity index (χ2n) is 4.08. The first-order valence-corrected chi connectivity index (χ1v) is 5.74. The van der Waals surface area contributed by atoms with E-state index >= 15 is 0 Å². The molecule has 0 atom stereocenters. The molecule has 3 nitrogen and oxygen atoms in total. The van der Waals surface area contributed by atoms with E-state index in [1.54, 1.807) is 6.26 Å². The van der Waals surface area contributed by atoms with E-state index in [0.717, 1.165) is 16.2 Å². The summed E-state index contributed by atoms with van der Waals surface area (Å²) in [7, 11) is 0. The van der Waals surface area contributed by atoms with E-state index in [9.17, 15) is 0 Å². The van der Waals surface area contributed by atoms with Crippen LogP contribution in [0.5, 0.6) is 0 Å². The molecular weight excluding hydrogens is 236 g/mol. The van der Waals surface area contributed by atoms with Crippen LogP contribution >= 0.6 is 11.6 Å². The summed E-state index contributed by atoms with van der Waals surface area (Å²) in [6.07, 6.45) is 5.22. The molecule has 0 radical (unpaired) electrons. The highest BCUT2D eigenvalue weighted by Crippen LogP contribution is 2.24. The lowest BCUT2D eigenvalue weighted by Crippen LogP contribution is -1.97. The fourth-order valence-corrected chi connectivity index (χ4v) is 2.24. The van der Waals surface area contributed by atoms with Gasteiger partial charge in [0.25, 0.3) is 0 Å². The molecule has 1 aromatic carbocycles. The van der Waals surface area contributed by atoms with Crippen LogP contribution in [0.4, 0.5) is 0 Å². The first-order chi connectivity index (χ1) is 8.24. The molecule has 3 aromatic rings. The Labute approximate surface area is 104 Å². The Kier molecular flexibility index (Phi) is 2.41. The third-order valence-electron chi connectivity index (χ3n) is 2.86. The van der Waals surface area contributed by atoms with Crippen molar-refractivity contribution >= 4 is 22.5 Å². The molecule has 0 aliphatic heterocycles. The number of nitrogens with zero attached hydrogens (tertiary/aromatic N) is 2. The minimum Gasteiger partial charge on any atom is -0.451 e. The maximum Gasteiger partial charge on any atom is 0.180 e. The molecule has 4 heteroatoms. The number of halogens is 1. The van der Waals surface area contributed by atoms with E-state index in [2.05, 4.69) is 22.7 Å². The predicted octanol–water partition coefficient (Wildman–Crippen LogP) is 3.64. The number of rotatable bonds is 2. The second-order valence-corrected chi connectivity index (χ2v) is 4.52. The van der Waals surface area contributed by atoms with Gasteiger partial charge in [-0.15, -0.1) is 0 Å². The zero-order valence-corrected chi connectivity index (χ0v) is 10.1. The van der Waals surface area contributed by atoms with Crippen LogP contribution in [0.3, 0.4) is 0 Å². The van der Waals surface area contributed by atoms with Gasteiger partial charge in [-0.3, -0.25) is 0 Å². The van der Waals surface area contributed by atoms with Crippen molar-refractivity contribution in [1.29, 1.82) is 0 Å². The maximum atomic E-state index is 6.01. The first-order valence-electron chi connectivity index (χ1n) is 5.36. The Hall–Kier alpha value is -1.74. The largest absolute Gasteiger partial charge is 0.451 e. The SMILES string of the molecule is Cc1cn(Cc2cocn2)c2ccc(Cl)cc12. The topological polar surface area (TPSA) is 31.0 Å². The van der Waals surface area contributed by atoms with Crippen LogP contribution in [-0.4, -0.2) is 9.55 Å². The van der Waals surface area contributed by atoms with Gasteiger partial charge in [-0.2, -0.15) is 0 Å². The van der Waals surface area contributed by atoms with Crippen molar-refractivity contribution in [2.75, 3.05) is 0 Å². The molecule has 17 heavy (non-hydrogen) atoms. The fraction of sp³-hybridized carbons (Fsp3) is 0.154. The van der Waals surface area contributed by atoms with E-state index in [1.165, 1.54) is 17.3 Å². The minimum absolute atomic E-state index is 0.711. The molecule has 2 aromatic heterocycles. The van der Waals surface area contributed by atoms with Gasteiger partial charge >= 0.3 is 0 Å². The van der Waals surface area contributed by atoms with E-state index in [0.29, 0.717) is 6.54 Å². The summed E-state index contributed by atoms with van der Waals surface area (Å²) in [5.74, 6) is 0. The Bertz CT molecular complexity index is 655. The van der Waals surface area contributed by atoms with Crippen molar-refractivity contribution in [3.05, 3.63) is 53.3 Å². The molecular formula is C13H11ClN2O. The minimum atomic E-state index is 0.711. The van der Waals surface area contributed by atoms with Gasteiger partial charge < -0.3 is 8.98 Å². The van der Waals surface area contributed by atoms with Gasteiger partial charge in [0.2, 0.25) is 0 Å². The molecule has 0 aliphatic carbocycles. The Morgan fingerprint density at radius 1 is 1.41 bits per heavy atom. The summed E-state index contributed by atoms with van der Waals surface area (Å²) in [5.41, 5.74) is 3.29. The van der Waals surface area contributed by atoms with Crippen LogP contribution in [0.2, 0.25) is 5.02 Å². The second kappa shape index (κ2) is 3.93. The lowest BCUT2D eigenvalue weighted by atomic mass is 10.2. The van der Waals surface area contributed by atoms with Crippen molar-refractivity contribution in [3.8, 4) is 0 Å². The zero-order chi connectivity index (χ0) is 11.8. The molecule has 0 N–H and O–H groups in total. The molecule has 0 unspecified atom stereocenters. The van der Waals surface area contributed by atoms with Gasteiger partial charge in [-0.25, -0.2) is 4.98 Å². The third-order valence-corrected chi connectivity index (χ3v) is 3.09. The van der Waals surface area contributed by atoms with Crippen molar-refractivity contribution in [2.45, 2.75) is 13.5 Å². The maximum absolute atomic E-state index is 6.01. The zero-order valence-electron chi connectivity index (χ0n) is 9.35. The van der Waals surface area contributed by atoms with E-state index < -0.39 is 0 Å². The highest BCUT2D eigenvalue weighted by molar-refractivity contribution is 6.31. The summed E-state index contributed by atoms with van der Waals surface area (Å²) >= 11 is 6.01. The summed E-state index contributed by atoms with van der Waals surface area (Å²) < 4.78 is 7.13. The molecule has 0 fully saturated rings. The lowest BCUT2D eigenvalue weighted by Gasteiger charge is -2.02. The summed E-state index contributed by atoms with van der Waals surface area (Å²) in [6.45, 7) is 2.79. The molecule has 0 amide bonds. The highest BCUT2D eigenvalue weighted by atomic mass is 35.5. The lowest BCUT2D eigenvalue weighted by molar-refractivity contribution is 0.555. The van der Waals surface area contributed by atoms with Crippen LogP contribution in [-0.2, 0) is 6.54 Å². The average molecular weight is 247 g/mol. The summed E-state index contributed by atoms with van der Waals surface area (Å²) in [4.78, 5) is 4.13. The monoisotopic (exact) mass is 246 g/mol. The number of oxazole rings is 1. The molecule has 86 valence electrons. The van der Waals surface area contributed by atoms with Crippen LogP contribution < -0.4 is 0 Å². The Morgan fingerprint density at radius 3 is 3.06 bits per heavy atom. The fourth-order valence-electron chi connectivity index (χ4n) is 2.07. The Morgan fingerprint density at radius 2 is 2.29 bits per heavy atom. The van der Waals surface area contributed by atoms with Gasteiger partial charge in [-0.1, -0.05) is 11.6 Å². The normalized spacial score (nSPS) is 11.2. The molecule has 0 spiro atoms. The van der Waals surface area contributed by atoms with Gasteiger partial charge in [-0.05, 0) is 30.7 Å². The van der Waals surface area contributed by atoms with Gasteiger partial charge in [0.05, 0.1) is 12.2 Å². The van der Waals surface area contributed by atoms with Crippen LogP contribution in [0.15, 0.2) is 41.5 Å². The summed E-state index contributed by atoms with van der Waals surface area (Å²) in [5, 5.41) is 1.95.